The molecule has 1 N–H and O–H groups in total. The topological polar surface area (TPSA) is 42.0 Å². The maximum absolute atomic E-state index is 11.8. The summed E-state index contributed by atoms with van der Waals surface area (Å²) in [7, 11) is 0. The van der Waals surface area contributed by atoms with Gasteiger partial charge in [0.15, 0.2) is 0 Å². The smallest absolute Gasteiger partial charge is 0.248 e. The number of carbonyl (C=O) groups excluding carboxylic acids is 1. The van der Waals surface area contributed by atoms with E-state index in [0.29, 0.717) is 5.02 Å². The fourth-order valence-electron chi connectivity index (χ4n) is 1.56. The molecule has 0 unspecified atom stereocenters. The summed E-state index contributed by atoms with van der Waals surface area (Å²) >= 11 is 5.99. The van der Waals surface area contributed by atoms with Crippen molar-refractivity contribution in [2.75, 3.05) is 5.32 Å². The fraction of sp³-hybridized carbons (Fsp3) is 0.0667. The maximum Gasteiger partial charge on any atom is 0.248 e. The first-order valence-electron chi connectivity index (χ1n) is 5.81. The first-order valence-corrected chi connectivity index (χ1v) is 6.19. The molecule has 0 aliphatic heterocycles. The second-order valence-corrected chi connectivity index (χ2v) is 4.42. The molecular weight excluding hydrogens is 260 g/mol. The quantitative estimate of drug-likeness (QED) is 0.866. The van der Waals surface area contributed by atoms with Gasteiger partial charge in [-0.25, -0.2) is 0 Å². The summed E-state index contributed by atoms with van der Waals surface area (Å²) in [5.74, 6) is -0.192. The highest BCUT2D eigenvalue weighted by Crippen LogP contribution is 2.22. The van der Waals surface area contributed by atoms with Gasteiger partial charge < -0.3 is 5.32 Å². The number of pyridine rings is 1. The van der Waals surface area contributed by atoms with Crippen LogP contribution >= 0.6 is 11.6 Å². The lowest BCUT2D eigenvalue weighted by Gasteiger charge is -2.07. The Labute approximate surface area is 116 Å². The number of hydrogen-bond donors (Lipinski definition) is 1. The van der Waals surface area contributed by atoms with E-state index in [0.717, 1.165) is 16.8 Å². The molecule has 0 spiro atoms. The molecule has 0 bridgehead atoms. The van der Waals surface area contributed by atoms with E-state index in [9.17, 15) is 4.79 Å². The van der Waals surface area contributed by atoms with Gasteiger partial charge in [-0.15, -0.1) is 0 Å². The van der Waals surface area contributed by atoms with E-state index in [-0.39, 0.29) is 5.91 Å². The van der Waals surface area contributed by atoms with Gasteiger partial charge >= 0.3 is 0 Å². The van der Waals surface area contributed by atoms with Crippen LogP contribution in [0.15, 0.2) is 48.8 Å². The van der Waals surface area contributed by atoms with Crippen LogP contribution in [0, 0.1) is 6.92 Å². The van der Waals surface area contributed by atoms with Crippen molar-refractivity contribution < 1.29 is 4.79 Å². The molecule has 19 heavy (non-hydrogen) atoms. The molecule has 1 aromatic carbocycles. The van der Waals surface area contributed by atoms with Gasteiger partial charge in [0.25, 0.3) is 0 Å². The van der Waals surface area contributed by atoms with Crippen molar-refractivity contribution in [2.45, 2.75) is 6.92 Å². The molecular formula is C15H13ClN2O. The van der Waals surface area contributed by atoms with Gasteiger partial charge in [-0.05, 0) is 48.4 Å². The minimum Gasteiger partial charge on any atom is -0.322 e. The third-order valence-electron chi connectivity index (χ3n) is 2.66. The summed E-state index contributed by atoms with van der Waals surface area (Å²) in [4.78, 5) is 15.7. The zero-order valence-electron chi connectivity index (χ0n) is 10.4. The lowest BCUT2D eigenvalue weighted by Crippen LogP contribution is -2.08. The average molecular weight is 273 g/mol. The standard InChI is InChI=1S/C15H13ClN2O/c1-11-13(16)3-2-4-14(11)18-15(19)6-5-12-7-9-17-10-8-12/h2-10H,1H3,(H,18,19). The number of anilines is 1. The monoisotopic (exact) mass is 272 g/mol. The SMILES string of the molecule is Cc1c(Cl)cccc1NC(=O)C=Cc1ccncc1. The number of halogens is 1. The molecule has 0 atom stereocenters. The fourth-order valence-corrected chi connectivity index (χ4v) is 1.74. The first kappa shape index (κ1) is 13.3. The van der Waals surface area contributed by atoms with E-state index < -0.39 is 0 Å². The van der Waals surface area contributed by atoms with Gasteiger partial charge in [0, 0.05) is 29.2 Å². The van der Waals surface area contributed by atoms with E-state index in [2.05, 4.69) is 10.3 Å². The minimum absolute atomic E-state index is 0.192. The van der Waals surface area contributed by atoms with Crippen molar-refractivity contribution in [3.05, 3.63) is 65.0 Å². The van der Waals surface area contributed by atoms with Crippen LogP contribution in [0.5, 0.6) is 0 Å². The molecule has 0 aliphatic carbocycles. The molecule has 1 aromatic heterocycles. The highest BCUT2D eigenvalue weighted by molar-refractivity contribution is 6.31. The molecule has 0 saturated heterocycles. The Morgan fingerprint density at radius 3 is 2.74 bits per heavy atom. The van der Waals surface area contributed by atoms with Gasteiger partial charge in [-0.1, -0.05) is 17.7 Å². The van der Waals surface area contributed by atoms with Crippen LogP contribution in [0.4, 0.5) is 5.69 Å². The Kier molecular flexibility index (Phi) is 4.31. The Balaban J connectivity index is 2.06. The van der Waals surface area contributed by atoms with Crippen molar-refractivity contribution in [1.82, 2.24) is 4.98 Å². The minimum atomic E-state index is -0.192. The van der Waals surface area contributed by atoms with E-state index in [1.807, 2.05) is 25.1 Å². The lowest BCUT2D eigenvalue weighted by molar-refractivity contribution is -0.111. The van der Waals surface area contributed by atoms with Gasteiger partial charge in [-0.3, -0.25) is 9.78 Å². The number of carbonyl (C=O) groups is 1. The number of nitrogens with zero attached hydrogens (tertiary/aromatic N) is 1. The van der Waals surface area contributed by atoms with Crippen LogP contribution < -0.4 is 5.32 Å². The Hall–Kier alpha value is -2.13. The average Bonchev–Trinajstić information content (AvgIpc) is 2.43. The van der Waals surface area contributed by atoms with Crippen LogP contribution in [0.1, 0.15) is 11.1 Å². The van der Waals surface area contributed by atoms with Crippen molar-refractivity contribution >= 4 is 29.3 Å². The van der Waals surface area contributed by atoms with E-state index in [1.54, 1.807) is 30.6 Å². The van der Waals surface area contributed by atoms with Gasteiger partial charge in [-0.2, -0.15) is 0 Å². The summed E-state index contributed by atoms with van der Waals surface area (Å²) in [5, 5.41) is 3.43. The summed E-state index contributed by atoms with van der Waals surface area (Å²) < 4.78 is 0. The molecule has 0 fully saturated rings. The number of benzene rings is 1. The second-order valence-electron chi connectivity index (χ2n) is 4.02. The van der Waals surface area contributed by atoms with Crippen molar-refractivity contribution in [3.63, 3.8) is 0 Å². The van der Waals surface area contributed by atoms with E-state index in [4.69, 9.17) is 11.6 Å². The third-order valence-corrected chi connectivity index (χ3v) is 3.07. The summed E-state index contributed by atoms with van der Waals surface area (Å²) in [6.07, 6.45) is 6.57. The second kappa shape index (κ2) is 6.16. The van der Waals surface area contributed by atoms with Crippen molar-refractivity contribution in [3.8, 4) is 0 Å². The summed E-state index contributed by atoms with van der Waals surface area (Å²) in [5.41, 5.74) is 2.50. The van der Waals surface area contributed by atoms with Gasteiger partial charge in [0.2, 0.25) is 5.91 Å². The van der Waals surface area contributed by atoms with Gasteiger partial charge in [0.1, 0.15) is 0 Å². The van der Waals surface area contributed by atoms with E-state index >= 15 is 0 Å². The number of amides is 1. The van der Waals surface area contributed by atoms with Crippen LogP contribution in [-0.4, -0.2) is 10.9 Å². The predicted octanol–water partition coefficient (Wildman–Crippen LogP) is 3.70. The molecule has 0 aliphatic rings. The maximum atomic E-state index is 11.8. The highest BCUT2D eigenvalue weighted by atomic mass is 35.5. The Morgan fingerprint density at radius 1 is 1.26 bits per heavy atom. The summed E-state index contributed by atoms with van der Waals surface area (Å²) in [6, 6.07) is 9.07. The molecule has 2 rings (SSSR count). The Bertz CT molecular complexity index is 609. The van der Waals surface area contributed by atoms with Crippen LogP contribution in [0.25, 0.3) is 6.08 Å². The molecule has 1 amide bonds. The number of hydrogen-bond acceptors (Lipinski definition) is 2. The molecule has 2 aromatic rings. The van der Waals surface area contributed by atoms with Crippen molar-refractivity contribution in [1.29, 1.82) is 0 Å². The largest absolute Gasteiger partial charge is 0.322 e. The molecule has 1 heterocycles. The zero-order chi connectivity index (χ0) is 13.7. The number of aromatic nitrogens is 1. The first-order chi connectivity index (χ1) is 9.16. The zero-order valence-corrected chi connectivity index (χ0v) is 11.2. The molecule has 96 valence electrons. The normalized spacial score (nSPS) is 10.6. The van der Waals surface area contributed by atoms with Crippen LogP contribution in [0.3, 0.4) is 0 Å². The molecule has 3 nitrogen and oxygen atoms in total. The molecule has 0 radical (unpaired) electrons. The predicted molar refractivity (Wildman–Crippen MR) is 78.1 cm³/mol. The lowest BCUT2D eigenvalue weighted by atomic mass is 10.2. The van der Waals surface area contributed by atoms with Gasteiger partial charge in [0.05, 0.1) is 0 Å². The number of rotatable bonds is 3. The van der Waals surface area contributed by atoms with Crippen molar-refractivity contribution in [2.24, 2.45) is 0 Å². The number of nitrogens with one attached hydrogen (secondary N) is 1. The van der Waals surface area contributed by atoms with E-state index in [1.165, 1.54) is 6.08 Å². The molecule has 0 saturated carbocycles. The van der Waals surface area contributed by atoms with Crippen LogP contribution in [0.2, 0.25) is 5.02 Å². The molecule has 4 heteroatoms. The summed E-state index contributed by atoms with van der Waals surface area (Å²) in [6.45, 7) is 1.87. The third kappa shape index (κ3) is 3.66. The Morgan fingerprint density at radius 2 is 2.00 bits per heavy atom. The van der Waals surface area contributed by atoms with Crippen LogP contribution in [-0.2, 0) is 4.79 Å². The highest BCUT2D eigenvalue weighted by Gasteiger charge is 2.03.